The van der Waals surface area contributed by atoms with E-state index in [-0.39, 0.29) is 0 Å². The third kappa shape index (κ3) is 4.51. The summed E-state index contributed by atoms with van der Waals surface area (Å²) >= 11 is 7.02. The van der Waals surface area contributed by atoms with Crippen molar-refractivity contribution in [3.05, 3.63) is 47.7 Å². The summed E-state index contributed by atoms with van der Waals surface area (Å²) < 4.78 is 2.84. The predicted octanol–water partition coefficient (Wildman–Crippen LogP) is 3.49. The third-order valence-corrected chi connectivity index (χ3v) is 3.56. The zero-order valence-corrected chi connectivity index (χ0v) is 13.0. The largest absolute Gasteiger partial charge is 0.446 e. The third-order valence-electron chi connectivity index (χ3n) is 2.40. The van der Waals surface area contributed by atoms with Crippen LogP contribution in [0.3, 0.4) is 0 Å². The summed E-state index contributed by atoms with van der Waals surface area (Å²) in [5.41, 5.74) is 0. The van der Waals surface area contributed by atoms with E-state index in [0.717, 1.165) is 4.90 Å². The van der Waals surface area contributed by atoms with Gasteiger partial charge in [0, 0.05) is 29.4 Å². The Morgan fingerprint density at radius 1 is 1.43 bits per heavy atom. The average Bonchev–Trinajstić information content (AvgIpc) is 3.01. The summed E-state index contributed by atoms with van der Waals surface area (Å²) in [6.45, 7) is 1.69. The maximum atomic E-state index is 11.8. The lowest BCUT2D eigenvalue weighted by Crippen LogP contribution is -2.20. The number of carbonyl (C=O) groups excluding carboxylic acids is 1. The molecule has 1 aromatic carbocycles. The number of halogens is 1. The first kappa shape index (κ1) is 15.4. The van der Waals surface area contributed by atoms with E-state index < -0.39 is 6.09 Å². The van der Waals surface area contributed by atoms with Crippen LogP contribution in [0.4, 0.5) is 4.79 Å². The zero-order chi connectivity index (χ0) is 15.2. The fourth-order valence-corrected chi connectivity index (χ4v) is 2.16. The smallest absolute Gasteiger partial charge is 0.295 e. The van der Waals surface area contributed by atoms with E-state index in [1.165, 1.54) is 20.9 Å². The number of carbonyl (C=O) groups is 1. The van der Waals surface area contributed by atoms with Crippen molar-refractivity contribution in [2.45, 2.75) is 11.8 Å². The Labute approximate surface area is 131 Å². The molecule has 0 radical (unpaired) electrons. The van der Waals surface area contributed by atoms with Crippen molar-refractivity contribution >= 4 is 35.5 Å². The lowest BCUT2D eigenvalue weighted by Gasteiger charge is -2.13. The molecule has 2 aromatic rings. The number of hydrogen-bond donors (Lipinski definition) is 0. The second-order valence-electron chi connectivity index (χ2n) is 3.99. The van der Waals surface area contributed by atoms with Gasteiger partial charge in [0.2, 0.25) is 0 Å². The number of hydrogen-bond acceptors (Lipinski definition) is 5. The van der Waals surface area contributed by atoms with Gasteiger partial charge in [-0.05, 0) is 49.2 Å². The Kier molecular flexibility index (Phi) is 5.24. The van der Waals surface area contributed by atoms with Crippen LogP contribution in [0.5, 0.6) is 0 Å². The molecule has 8 heteroatoms. The van der Waals surface area contributed by atoms with Gasteiger partial charge in [0.05, 0.1) is 0 Å². The van der Waals surface area contributed by atoms with E-state index in [2.05, 4.69) is 10.3 Å². The van der Waals surface area contributed by atoms with Crippen molar-refractivity contribution in [1.82, 2.24) is 14.1 Å². The second kappa shape index (κ2) is 7.14. The molecule has 21 heavy (non-hydrogen) atoms. The lowest BCUT2D eigenvalue weighted by atomic mass is 10.4. The molecule has 0 bridgehead atoms. The Morgan fingerprint density at radius 3 is 2.76 bits per heavy atom. The van der Waals surface area contributed by atoms with E-state index in [1.54, 1.807) is 44.6 Å². The monoisotopic (exact) mass is 324 g/mol. The summed E-state index contributed by atoms with van der Waals surface area (Å²) in [6.07, 6.45) is 2.74. The van der Waals surface area contributed by atoms with Gasteiger partial charge in [-0.25, -0.2) is 13.8 Å². The van der Waals surface area contributed by atoms with Gasteiger partial charge < -0.3 is 0 Å². The fraction of sp³-hybridized carbons (Fsp3) is 0.154. The van der Waals surface area contributed by atoms with Crippen LogP contribution in [0.2, 0.25) is 5.02 Å². The molecule has 1 heterocycles. The van der Waals surface area contributed by atoms with E-state index in [1.807, 2.05) is 12.1 Å². The topological polar surface area (TPSA) is 59.7 Å². The molecule has 0 unspecified atom stereocenters. The Morgan fingerprint density at radius 2 is 2.14 bits per heavy atom. The van der Waals surface area contributed by atoms with Crippen molar-refractivity contribution in [3.63, 3.8) is 0 Å². The normalized spacial score (nSPS) is 11.3. The number of rotatable bonds is 3. The first-order chi connectivity index (χ1) is 10.1. The van der Waals surface area contributed by atoms with Crippen molar-refractivity contribution in [3.8, 4) is 0 Å². The van der Waals surface area contributed by atoms with Gasteiger partial charge >= 0.3 is 6.09 Å². The highest BCUT2D eigenvalue weighted by Crippen LogP contribution is 2.23. The van der Waals surface area contributed by atoms with Gasteiger partial charge in [-0.1, -0.05) is 16.8 Å². The van der Waals surface area contributed by atoms with Crippen LogP contribution < -0.4 is 0 Å². The SMILES string of the molecule is CC(=NOC(=O)N(C)Sc1ccc(Cl)cc1)n1cccn1. The number of amides is 1. The van der Waals surface area contributed by atoms with Gasteiger partial charge in [0.15, 0.2) is 5.84 Å². The molecule has 0 atom stereocenters. The summed E-state index contributed by atoms with van der Waals surface area (Å²) in [4.78, 5) is 17.5. The lowest BCUT2D eigenvalue weighted by molar-refractivity contribution is 0.136. The number of aromatic nitrogens is 2. The number of oxime groups is 1. The molecule has 110 valence electrons. The fourth-order valence-electron chi connectivity index (χ4n) is 1.36. The molecule has 2 rings (SSSR count). The van der Waals surface area contributed by atoms with Crippen LogP contribution >= 0.6 is 23.5 Å². The van der Waals surface area contributed by atoms with Gasteiger partial charge in [0.1, 0.15) is 0 Å². The highest BCUT2D eigenvalue weighted by atomic mass is 35.5. The molecular formula is C13H13ClN4O2S. The van der Waals surface area contributed by atoms with E-state index in [9.17, 15) is 4.79 Å². The van der Waals surface area contributed by atoms with Crippen LogP contribution in [0.1, 0.15) is 6.92 Å². The van der Waals surface area contributed by atoms with Crippen LogP contribution in [0.25, 0.3) is 0 Å². The Hall–Kier alpha value is -1.99. The average molecular weight is 325 g/mol. The van der Waals surface area contributed by atoms with Gasteiger partial charge in [-0.15, -0.1) is 0 Å². The van der Waals surface area contributed by atoms with Gasteiger partial charge in [-0.2, -0.15) is 5.10 Å². The highest BCUT2D eigenvalue weighted by molar-refractivity contribution is 7.97. The van der Waals surface area contributed by atoms with Crippen LogP contribution in [0.15, 0.2) is 52.8 Å². The molecule has 0 N–H and O–H groups in total. The van der Waals surface area contributed by atoms with Gasteiger partial charge in [0.25, 0.3) is 0 Å². The van der Waals surface area contributed by atoms with Crippen molar-refractivity contribution in [2.75, 3.05) is 7.05 Å². The molecule has 0 saturated carbocycles. The molecule has 0 saturated heterocycles. The minimum Gasteiger partial charge on any atom is -0.295 e. The second-order valence-corrected chi connectivity index (χ2v) is 5.63. The first-order valence-corrected chi connectivity index (χ1v) is 7.14. The number of nitrogens with zero attached hydrogens (tertiary/aromatic N) is 4. The summed E-state index contributed by atoms with van der Waals surface area (Å²) in [7, 11) is 1.60. The summed E-state index contributed by atoms with van der Waals surface area (Å²) in [5.74, 6) is 0.457. The zero-order valence-electron chi connectivity index (χ0n) is 11.4. The van der Waals surface area contributed by atoms with Crippen molar-refractivity contribution in [2.24, 2.45) is 5.16 Å². The minimum atomic E-state index is -0.582. The maximum absolute atomic E-state index is 11.8. The molecule has 0 aliphatic carbocycles. The molecule has 0 aliphatic rings. The molecule has 0 fully saturated rings. The highest BCUT2D eigenvalue weighted by Gasteiger charge is 2.12. The van der Waals surface area contributed by atoms with E-state index >= 15 is 0 Å². The summed E-state index contributed by atoms with van der Waals surface area (Å²) in [5, 5.41) is 8.36. The molecule has 0 aliphatic heterocycles. The Bertz CT molecular complexity index is 628. The van der Waals surface area contributed by atoms with Crippen molar-refractivity contribution in [1.29, 1.82) is 0 Å². The van der Waals surface area contributed by atoms with Gasteiger partial charge in [-0.3, -0.25) is 4.84 Å². The van der Waals surface area contributed by atoms with Crippen LogP contribution in [-0.2, 0) is 4.84 Å². The predicted molar refractivity (Wildman–Crippen MR) is 82.3 cm³/mol. The maximum Gasteiger partial charge on any atom is 0.446 e. The standard InChI is InChI=1S/C13H13ClN4O2S/c1-10(18-9-3-8-15-18)16-20-13(19)17(2)21-12-6-4-11(14)5-7-12/h3-9H,1-2H3. The Balaban J connectivity index is 1.90. The molecule has 1 aromatic heterocycles. The van der Waals surface area contributed by atoms with Crippen molar-refractivity contribution < 1.29 is 9.63 Å². The van der Waals surface area contributed by atoms with E-state index in [4.69, 9.17) is 16.4 Å². The molecule has 1 amide bonds. The molecular weight excluding hydrogens is 312 g/mol. The van der Waals surface area contributed by atoms with Crippen LogP contribution in [0, 0.1) is 0 Å². The quantitative estimate of drug-likeness (QED) is 0.285. The summed E-state index contributed by atoms with van der Waals surface area (Å²) in [6, 6.07) is 8.89. The first-order valence-electron chi connectivity index (χ1n) is 5.99. The minimum absolute atomic E-state index is 0.457. The van der Waals surface area contributed by atoms with E-state index in [0.29, 0.717) is 10.9 Å². The molecule has 6 nitrogen and oxygen atoms in total. The molecule has 0 spiro atoms. The number of benzene rings is 1. The van der Waals surface area contributed by atoms with Crippen LogP contribution in [-0.4, -0.2) is 33.1 Å².